The lowest BCUT2D eigenvalue weighted by Crippen LogP contribution is -2.21. The predicted octanol–water partition coefficient (Wildman–Crippen LogP) is 3.46. The SMILES string of the molecule is COc1c(Cl)cc(C(C)C)cc1C1(CN)CC1. The molecule has 0 bridgehead atoms. The summed E-state index contributed by atoms with van der Waals surface area (Å²) in [6, 6.07) is 4.22. The molecule has 0 aromatic heterocycles. The Morgan fingerprint density at radius 3 is 2.47 bits per heavy atom. The molecule has 1 aliphatic rings. The molecule has 0 saturated heterocycles. The fourth-order valence-electron chi connectivity index (χ4n) is 2.28. The van der Waals surface area contributed by atoms with E-state index in [-0.39, 0.29) is 5.41 Å². The van der Waals surface area contributed by atoms with Gasteiger partial charge in [0.2, 0.25) is 0 Å². The topological polar surface area (TPSA) is 35.2 Å². The molecule has 0 radical (unpaired) electrons. The van der Waals surface area contributed by atoms with Crippen molar-refractivity contribution < 1.29 is 4.74 Å². The number of nitrogens with two attached hydrogens (primary N) is 1. The lowest BCUT2D eigenvalue weighted by atomic mass is 9.90. The second-order valence-electron chi connectivity index (χ2n) is 5.22. The molecule has 0 unspecified atom stereocenters. The summed E-state index contributed by atoms with van der Waals surface area (Å²) >= 11 is 6.30. The molecule has 1 aliphatic carbocycles. The highest BCUT2D eigenvalue weighted by Gasteiger charge is 2.45. The molecule has 0 amide bonds. The zero-order valence-corrected chi connectivity index (χ0v) is 11.5. The van der Waals surface area contributed by atoms with Crippen LogP contribution in [-0.2, 0) is 5.41 Å². The van der Waals surface area contributed by atoms with Gasteiger partial charge in [0.1, 0.15) is 5.75 Å². The van der Waals surface area contributed by atoms with Crippen molar-refractivity contribution in [2.24, 2.45) is 5.73 Å². The fourth-order valence-corrected chi connectivity index (χ4v) is 2.59. The monoisotopic (exact) mass is 253 g/mol. The molecule has 94 valence electrons. The van der Waals surface area contributed by atoms with Gasteiger partial charge in [-0.2, -0.15) is 0 Å². The van der Waals surface area contributed by atoms with Crippen molar-refractivity contribution in [3.05, 3.63) is 28.3 Å². The first-order valence-electron chi connectivity index (χ1n) is 6.12. The van der Waals surface area contributed by atoms with Crippen LogP contribution >= 0.6 is 11.6 Å². The zero-order valence-electron chi connectivity index (χ0n) is 10.7. The highest BCUT2D eigenvalue weighted by Crippen LogP contribution is 2.52. The average molecular weight is 254 g/mol. The standard InChI is InChI=1S/C14H20ClNO/c1-9(2)10-6-11(14(8-16)4-5-14)13(17-3)12(15)7-10/h6-7,9H,4-5,8,16H2,1-3H3. The van der Waals surface area contributed by atoms with Gasteiger partial charge in [-0.1, -0.05) is 31.5 Å². The number of hydrogen-bond acceptors (Lipinski definition) is 2. The maximum Gasteiger partial charge on any atom is 0.141 e. The highest BCUT2D eigenvalue weighted by atomic mass is 35.5. The molecular weight excluding hydrogens is 234 g/mol. The van der Waals surface area contributed by atoms with E-state index in [9.17, 15) is 0 Å². The first kappa shape index (κ1) is 12.7. The van der Waals surface area contributed by atoms with Gasteiger partial charge in [-0.05, 0) is 30.4 Å². The molecule has 0 aliphatic heterocycles. The van der Waals surface area contributed by atoms with Gasteiger partial charge in [0.15, 0.2) is 0 Å². The van der Waals surface area contributed by atoms with Crippen LogP contribution < -0.4 is 10.5 Å². The van der Waals surface area contributed by atoms with E-state index in [4.69, 9.17) is 22.1 Å². The number of ether oxygens (including phenoxy) is 1. The summed E-state index contributed by atoms with van der Waals surface area (Å²) in [5, 5.41) is 0.702. The first-order valence-corrected chi connectivity index (χ1v) is 6.50. The van der Waals surface area contributed by atoms with Gasteiger partial charge in [0.25, 0.3) is 0 Å². The summed E-state index contributed by atoms with van der Waals surface area (Å²) in [5.41, 5.74) is 8.46. The molecular formula is C14H20ClNO. The summed E-state index contributed by atoms with van der Waals surface area (Å²) in [4.78, 5) is 0. The van der Waals surface area contributed by atoms with Crippen LogP contribution in [0.4, 0.5) is 0 Å². The Bertz CT molecular complexity index is 424. The molecule has 0 spiro atoms. The first-order chi connectivity index (χ1) is 8.04. The molecule has 2 nitrogen and oxygen atoms in total. The van der Waals surface area contributed by atoms with Gasteiger partial charge in [0, 0.05) is 17.5 Å². The second kappa shape index (κ2) is 4.51. The number of halogens is 1. The predicted molar refractivity (Wildman–Crippen MR) is 72.1 cm³/mol. The van der Waals surface area contributed by atoms with Gasteiger partial charge in [-0.25, -0.2) is 0 Å². The molecule has 0 heterocycles. The summed E-state index contributed by atoms with van der Waals surface area (Å²) in [6.07, 6.45) is 2.27. The summed E-state index contributed by atoms with van der Waals surface area (Å²) in [7, 11) is 1.67. The third kappa shape index (κ3) is 2.16. The number of benzene rings is 1. The zero-order chi connectivity index (χ0) is 12.6. The van der Waals surface area contributed by atoms with Crippen molar-refractivity contribution in [1.82, 2.24) is 0 Å². The fraction of sp³-hybridized carbons (Fsp3) is 0.571. The highest BCUT2D eigenvalue weighted by molar-refractivity contribution is 6.32. The largest absolute Gasteiger partial charge is 0.495 e. The van der Waals surface area contributed by atoms with Crippen LogP contribution in [-0.4, -0.2) is 13.7 Å². The quantitative estimate of drug-likeness (QED) is 0.892. The molecule has 2 rings (SSSR count). The molecule has 17 heavy (non-hydrogen) atoms. The van der Waals surface area contributed by atoms with Crippen LogP contribution in [0.5, 0.6) is 5.75 Å². The van der Waals surface area contributed by atoms with Gasteiger partial charge in [-0.15, -0.1) is 0 Å². The Hall–Kier alpha value is -0.730. The van der Waals surface area contributed by atoms with Crippen LogP contribution in [0.15, 0.2) is 12.1 Å². The summed E-state index contributed by atoms with van der Waals surface area (Å²) in [6.45, 7) is 5.01. The second-order valence-corrected chi connectivity index (χ2v) is 5.63. The maximum atomic E-state index is 6.30. The van der Waals surface area contributed by atoms with E-state index in [2.05, 4.69) is 19.9 Å². The molecule has 3 heteroatoms. The molecule has 0 atom stereocenters. The number of methoxy groups -OCH3 is 1. The third-order valence-corrected chi connectivity index (χ3v) is 4.03. The Morgan fingerprint density at radius 1 is 1.41 bits per heavy atom. The van der Waals surface area contributed by atoms with E-state index in [1.165, 1.54) is 11.1 Å². The van der Waals surface area contributed by atoms with Crippen LogP contribution in [0, 0.1) is 0 Å². The van der Waals surface area contributed by atoms with Crippen molar-refractivity contribution >= 4 is 11.6 Å². The molecule has 1 aromatic rings. The van der Waals surface area contributed by atoms with Crippen molar-refractivity contribution in [2.75, 3.05) is 13.7 Å². The third-order valence-electron chi connectivity index (χ3n) is 3.75. The molecule has 1 aromatic carbocycles. The lowest BCUT2D eigenvalue weighted by molar-refractivity contribution is 0.404. The minimum Gasteiger partial charge on any atom is -0.495 e. The lowest BCUT2D eigenvalue weighted by Gasteiger charge is -2.20. The summed E-state index contributed by atoms with van der Waals surface area (Å²) in [5.74, 6) is 1.27. The van der Waals surface area contributed by atoms with E-state index < -0.39 is 0 Å². The van der Waals surface area contributed by atoms with Gasteiger partial charge >= 0.3 is 0 Å². The van der Waals surface area contributed by atoms with E-state index in [1.54, 1.807) is 7.11 Å². The van der Waals surface area contributed by atoms with Crippen LogP contribution in [0.3, 0.4) is 0 Å². The molecule has 2 N–H and O–H groups in total. The summed E-state index contributed by atoms with van der Waals surface area (Å²) < 4.78 is 5.45. The van der Waals surface area contributed by atoms with Crippen molar-refractivity contribution in [3.8, 4) is 5.75 Å². The van der Waals surface area contributed by atoms with E-state index in [0.717, 1.165) is 18.6 Å². The van der Waals surface area contributed by atoms with Crippen molar-refractivity contribution in [2.45, 2.75) is 38.0 Å². The van der Waals surface area contributed by atoms with Crippen molar-refractivity contribution in [3.63, 3.8) is 0 Å². The normalized spacial score (nSPS) is 17.3. The number of hydrogen-bond donors (Lipinski definition) is 1. The van der Waals surface area contributed by atoms with Crippen LogP contribution in [0.1, 0.15) is 43.7 Å². The van der Waals surface area contributed by atoms with Crippen molar-refractivity contribution in [1.29, 1.82) is 0 Å². The van der Waals surface area contributed by atoms with Gasteiger partial charge < -0.3 is 10.5 Å². The Labute approximate surface area is 108 Å². The average Bonchev–Trinajstić information content (AvgIpc) is 3.08. The van der Waals surface area contributed by atoms with Crippen LogP contribution in [0.2, 0.25) is 5.02 Å². The minimum atomic E-state index is 0.111. The van der Waals surface area contributed by atoms with E-state index >= 15 is 0 Å². The van der Waals surface area contributed by atoms with Gasteiger partial charge in [0.05, 0.1) is 12.1 Å². The smallest absolute Gasteiger partial charge is 0.141 e. The van der Waals surface area contributed by atoms with E-state index in [0.29, 0.717) is 17.5 Å². The number of rotatable bonds is 4. The maximum absolute atomic E-state index is 6.30. The Kier molecular flexibility index (Phi) is 3.37. The molecule has 1 fully saturated rings. The minimum absolute atomic E-state index is 0.111. The van der Waals surface area contributed by atoms with Crippen LogP contribution in [0.25, 0.3) is 0 Å². The van der Waals surface area contributed by atoms with Gasteiger partial charge in [-0.3, -0.25) is 0 Å². The Balaban J connectivity index is 2.55. The molecule has 1 saturated carbocycles. The Morgan fingerprint density at radius 2 is 2.06 bits per heavy atom. The van der Waals surface area contributed by atoms with E-state index in [1.807, 2.05) is 6.07 Å².